The van der Waals surface area contributed by atoms with Crippen molar-refractivity contribution in [2.24, 2.45) is 11.8 Å². The van der Waals surface area contributed by atoms with Crippen molar-refractivity contribution in [2.75, 3.05) is 51.5 Å². The van der Waals surface area contributed by atoms with Gasteiger partial charge in [0.2, 0.25) is 0 Å². The molecule has 5 nitrogen and oxygen atoms in total. The lowest BCUT2D eigenvalue weighted by Crippen LogP contribution is -2.36. The van der Waals surface area contributed by atoms with Gasteiger partial charge in [-0.2, -0.15) is 0 Å². The van der Waals surface area contributed by atoms with E-state index in [0.29, 0.717) is 18.4 Å². The van der Waals surface area contributed by atoms with Crippen molar-refractivity contribution in [3.8, 4) is 11.8 Å². The molecular formula is C23H27FN4O. The molecule has 1 aromatic rings. The van der Waals surface area contributed by atoms with Crippen molar-refractivity contribution in [3.05, 3.63) is 59.8 Å². The molecule has 1 aliphatic heterocycles. The van der Waals surface area contributed by atoms with Crippen LogP contribution in [0.4, 0.5) is 10.1 Å². The molecule has 2 atom stereocenters. The van der Waals surface area contributed by atoms with Gasteiger partial charge in [0, 0.05) is 49.8 Å². The number of aromatic nitrogens is 2. The topological polar surface area (TPSA) is 44.4 Å². The number of nitrogens with zero attached hydrogens (tertiary/aromatic N) is 3. The molecule has 29 heavy (non-hydrogen) atoms. The van der Waals surface area contributed by atoms with E-state index in [9.17, 15) is 4.39 Å². The molecule has 3 aliphatic rings. The van der Waals surface area contributed by atoms with E-state index in [4.69, 9.17) is 4.74 Å². The number of hydrogen-bond donors (Lipinski definition) is 1. The smallest absolute Gasteiger partial charge is 0.107 e. The number of ether oxygens (including phenoxy) is 1. The number of rotatable bonds is 4. The maximum Gasteiger partial charge on any atom is 0.107 e. The maximum absolute atomic E-state index is 12.6. The summed E-state index contributed by atoms with van der Waals surface area (Å²) in [5, 5.41) is 0. The second kappa shape index (κ2) is 9.15. The number of fused-ring (bicyclic) bond motifs is 1. The first-order chi connectivity index (χ1) is 14.3. The lowest BCUT2D eigenvalue weighted by Gasteiger charge is -2.27. The van der Waals surface area contributed by atoms with Gasteiger partial charge < -0.3 is 19.5 Å². The molecule has 0 bridgehead atoms. The Morgan fingerprint density at radius 2 is 2.10 bits per heavy atom. The molecular weight excluding hydrogens is 367 g/mol. The zero-order valence-corrected chi connectivity index (χ0v) is 16.8. The molecule has 6 heteroatoms. The number of allylic oxidation sites excluding steroid dienone is 4. The highest BCUT2D eigenvalue weighted by Gasteiger charge is 2.44. The van der Waals surface area contributed by atoms with Gasteiger partial charge in [-0.25, -0.2) is 9.37 Å². The van der Waals surface area contributed by atoms with Crippen LogP contribution in [0.25, 0.3) is 0 Å². The Morgan fingerprint density at radius 3 is 2.93 bits per heavy atom. The van der Waals surface area contributed by atoms with E-state index in [1.165, 1.54) is 5.70 Å². The Labute approximate surface area is 171 Å². The SMILES string of the molecule is CN(CCF)C1=CC=C(C#Cc2cccc(N3CCOCC3)cnc[nH]2)C2CC12. The standard InChI is InChI=1S/C23H27FN4O/c1-27(10-9-24)23-8-6-18(21-15-22(21)23)5-7-19-3-2-4-20(16-25-17-26-19)28-11-13-29-14-12-28/h2-4,6,8,16-17,21-22H,9-15H2,1H3,(H,25,26). The maximum atomic E-state index is 12.6. The van der Waals surface area contributed by atoms with E-state index < -0.39 is 0 Å². The van der Waals surface area contributed by atoms with Crippen LogP contribution in [0.15, 0.2) is 54.1 Å². The minimum absolute atomic E-state index is 0.321. The average molecular weight is 394 g/mol. The molecule has 0 amide bonds. The number of aromatic amines is 1. The highest BCUT2D eigenvalue weighted by atomic mass is 19.1. The number of alkyl halides is 1. The zero-order valence-electron chi connectivity index (χ0n) is 16.8. The van der Waals surface area contributed by atoms with E-state index in [1.807, 2.05) is 30.3 Å². The van der Waals surface area contributed by atoms with Crippen LogP contribution >= 0.6 is 0 Å². The van der Waals surface area contributed by atoms with Crippen LogP contribution in [0.1, 0.15) is 12.1 Å². The highest BCUT2D eigenvalue weighted by Crippen LogP contribution is 2.51. The second-order valence-electron chi connectivity index (χ2n) is 7.54. The molecule has 0 radical (unpaired) electrons. The zero-order chi connectivity index (χ0) is 20.1. The quantitative estimate of drug-likeness (QED) is 0.798. The molecule has 2 unspecified atom stereocenters. The fraction of sp³-hybridized carbons (Fsp3) is 0.435. The molecule has 4 rings (SSSR count). The van der Waals surface area contributed by atoms with Crippen molar-refractivity contribution in [3.63, 3.8) is 0 Å². The molecule has 0 spiro atoms. The predicted octanol–water partition coefficient (Wildman–Crippen LogP) is 3.08. The van der Waals surface area contributed by atoms with Crippen LogP contribution in [0.5, 0.6) is 0 Å². The number of hydrogen-bond acceptors (Lipinski definition) is 4. The minimum atomic E-state index is -0.321. The molecule has 2 heterocycles. The molecule has 1 aromatic heterocycles. The second-order valence-corrected chi connectivity index (χ2v) is 7.54. The average Bonchev–Trinajstić information content (AvgIpc) is 3.52. The highest BCUT2D eigenvalue weighted by molar-refractivity contribution is 5.48. The fourth-order valence-electron chi connectivity index (χ4n) is 3.87. The lowest BCUT2D eigenvalue weighted by atomic mass is 10.0. The Hall–Kier alpha value is -2.78. The van der Waals surface area contributed by atoms with Gasteiger partial charge in [-0.05, 0) is 36.6 Å². The lowest BCUT2D eigenvalue weighted by molar-refractivity contribution is 0.122. The monoisotopic (exact) mass is 394 g/mol. The summed E-state index contributed by atoms with van der Waals surface area (Å²) in [7, 11) is 1.96. The third-order valence-corrected chi connectivity index (χ3v) is 5.61. The first-order valence-electron chi connectivity index (χ1n) is 10.2. The summed E-state index contributed by atoms with van der Waals surface area (Å²) >= 11 is 0. The minimum Gasteiger partial charge on any atom is -0.378 e. The van der Waals surface area contributed by atoms with Gasteiger partial charge in [0.15, 0.2) is 0 Å². The molecule has 0 aromatic carbocycles. The Bertz CT molecular complexity index is 903. The van der Waals surface area contributed by atoms with E-state index >= 15 is 0 Å². The number of nitrogens with one attached hydrogen (secondary N) is 1. The molecule has 2 fully saturated rings. The summed E-state index contributed by atoms with van der Waals surface area (Å²) in [5.74, 6) is 7.52. The van der Waals surface area contributed by atoms with Gasteiger partial charge >= 0.3 is 0 Å². The van der Waals surface area contributed by atoms with Crippen molar-refractivity contribution in [2.45, 2.75) is 6.42 Å². The van der Waals surface area contributed by atoms with Crippen LogP contribution < -0.4 is 4.90 Å². The van der Waals surface area contributed by atoms with Gasteiger partial charge in [-0.1, -0.05) is 12.0 Å². The van der Waals surface area contributed by atoms with Crippen molar-refractivity contribution in [1.82, 2.24) is 14.9 Å². The third kappa shape index (κ3) is 4.80. The van der Waals surface area contributed by atoms with E-state index in [0.717, 1.165) is 49.7 Å². The van der Waals surface area contributed by atoms with Crippen LogP contribution in [0.3, 0.4) is 0 Å². The van der Waals surface area contributed by atoms with E-state index in [2.05, 4.69) is 44.9 Å². The number of anilines is 1. The van der Waals surface area contributed by atoms with Crippen LogP contribution in [0.2, 0.25) is 0 Å². The number of morpholine rings is 1. The summed E-state index contributed by atoms with van der Waals surface area (Å²) in [4.78, 5) is 11.8. The molecule has 2 aliphatic carbocycles. The van der Waals surface area contributed by atoms with Gasteiger partial charge in [0.25, 0.3) is 0 Å². The van der Waals surface area contributed by atoms with E-state index in [1.54, 1.807) is 6.33 Å². The summed E-state index contributed by atoms with van der Waals surface area (Å²) in [6, 6.07) is 6.04. The predicted molar refractivity (Wildman–Crippen MR) is 112 cm³/mol. The van der Waals surface area contributed by atoms with Gasteiger partial charge in [-0.15, -0.1) is 0 Å². The third-order valence-electron chi connectivity index (χ3n) is 5.61. The normalized spacial score (nSPS) is 22.3. The number of H-pyrrole nitrogens is 1. The summed E-state index contributed by atoms with van der Waals surface area (Å²) < 4.78 is 18.0. The summed E-state index contributed by atoms with van der Waals surface area (Å²) in [6.45, 7) is 3.38. The van der Waals surface area contributed by atoms with Crippen molar-refractivity contribution < 1.29 is 9.13 Å². The Balaban J connectivity index is 1.50. The fourth-order valence-corrected chi connectivity index (χ4v) is 3.87. The Morgan fingerprint density at radius 1 is 1.24 bits per heavy atom. The van der Waals surface area contributed by atoms with Gasteiger partial charge in [0.05, 0.1) is 37.1 Å². The van der Waals surface area contributed by atoms with Crippen molar-refractivity contribution in [1.29, 1.82) is 0 Å². The molecule has 152 valence electrons. The van der Waals surface area contributed by atoms with Crippen LogP contribution in [0, 0.1) is 23.7 Å². The van der Waals surface area contributed by atoms with Gasteiger partial charge in [-0.3, -0.25) is 0 Å². The molecule has 1 saturated carbocycles. The first kappa shape index (κ1) is 19.5. The largest absolute Gasteiger partial charge is 0.378 e. The summed E-state index contributed by atoms with van der Waals surface area (Å²) in [5.41, 5.74) is 4.27. The van der Waals surface area contributed by atoms with Crippen LogP contribution in [-0.4, -0.2) is 61.4 Å². The molecule has 1 N–H and O–H groups in total. The first-order valence-corrected chi connectivity index (χ1v) is 10.2. The van der Waals surface area contributed by atoms with Crippen LogP contribution in [-0.2, 0) is 4.74 Å². The van der Waals surface area contributed by atoms with E-state index in [-0.39, 0.29) is 6.67 Å². The Kier molecular flexibility index (Phi) is 6.16. The van der Waals surface area contributed by atoms with Gasteiger partial charge in [0.1, 0.15) is 6.67 Å². The summed E-state index contributed by atoms with van der Waals surface area (Å²) in [6.07, 6.45) is 8.82. The van der Waals surface area contributed by atoms with Crippen molar-refractivity contribution >= 4 is 5.69 Å². The number of halogens is 1. The molecule has 1 saturated heterocycles.